The number of benzene rings is 2. The number of rotatable bonds is 7. The SMILES string of the molecule is CCOC(=O)/C=C/c1ccc(NC(=O)c2ccccc2SC2CCS(=O)(=O)C2)cc1. The van der Waals surface area contributed by atoms with Gasteiger partial charge in [-0.3, -0.25) is 4.79 Å². The number of esters is 1. The summed E-state index contributed by atoms with van der Waals surface area (Å²) in [5, 5.41) is 2.83. The molecule has 0 aromatic heterocycles. The molecule has 1 atom stereocenters. The van der Waals surface area contributed by atoms with Gasteiger partial charge in [-0.2, -0.15) is 0 Å². The van der Waals surface area contributed by atoms with Crippen LogP contribution in [-0.4, -0.2) is 43.7 Å². The molecule has 1 saturated heterocycles. The van der Waals surface area contributed by atoms with Crippen molar-refractivity contribution < 1.29 is 22.7 Å². The van der Waals surface area contributed by atoms with Crippen molar-refractivity contribution in [2.24, 2.45) is 0 Å². The summed E-state index contributed by atoms with van der Waals surface area (Å²) in [4.78, 5) is 24.9. The Kier molecular flexibility index (Phi) is 7.33. The summed E-state index contributed by atoms with van der Waals surface area (Å²) < 4.78 is 28.3. The number of hydrogen-bond donors (Lipinski definition) is 1. The monoisotopic (exact) mass is 445 g/mol. The first kappa shape index (κ1) is 22.1. The van der Waals surface area contributed by atoms with E-state index in [0.29, 0.717) is 24.3 Å². The summed E-state index contributed by atoms with van der Waals surface area (Å²) in [5.74, 6) is -0.308. The number of hydrogen-bond acceptors (Lipinski definition) is 6. The number of amides is 1. The Morgan fingerprint density at radius 3 is 2.57 bits per heavy atom. The quantitative estimate of drug-likeness (QED) is 0.515. The Balaban J connectivity index is 1.65. The minimum atomic E-state index is -2.97. The minimum absolute atomic E-state index is 0.0329. The summed E-state index contributed by atoms with van der Waals surface area (Å²) in [6.45, 7) is 2.07. The lowest BCUT2D eigenvalue weighted by Gasteiger charge is -2.13. The fraction of sp³-hybridized carbons (Fsp3) is 0.273. The van der Waals surface area contributed by atoms with Crippen molar-refractivity contribution in [1.82, 2.24) is 0 Å². The van der Waals surface area contributed by atoms with Crippen molar-refractivity contribution in [1.29, 1.82) is 0 Å². The van der Waals surface area contributed by atoms with Crippen LogP contribution in [0.15, 0.2) is 59.5 Å². The van der Waals surface area contributed by atoms with Gasteiger partial charge in [0.2, 0.25) is 0 Å². The van der Waals surface area contributed by atoms with Crippen LogP contribution in [0.2, 0.25) is 0 Å². The van der Waals surface area contributed by atoms with E-state index in [2.05, 4.69) is 5.32 Å². The minimum Gasteiger partial charge on any atom is -0.463 e. The lowest BCUT2D eigenvalue weighted by molar-refractivity contribution is -0.137. The summed E-state index contributed by atoms with van der Waals surface area (Å²) in [6, 6.07) is 14.3. The third-order valence-corrected chi connectivity index (χ3v) is 7.81. The van der Waals surface area contributed by atoms with Crippen LogP contribution in [0.3, 0.4) is 0 Å². The number of carbonyl (C=O) groups is 2. The van der Waals surface area contributed by atoms with Crippen molar-refractivity contribution in [3.63, 3.8) is 0 Å². The number of thioether (sulfide) groups is 1. The smallest absolute Gasteiger partial charge is 0.330 e. The molecule has 6 nitrogen and oxygen atoms in total. The van der Waals surface area contributed by atoms with Gasteiger partial charge in [-0.15, -0.1) is 11.8 Å². The predicted molar refractivity (Wildman–Crippen MR) is 119 cm³/mol. The van der Waals surface area contributed by atoms with Crippen molar-refractivity contribution >= 4 is 45.2 Å². The predicted octanol–water partition coefficient (Wildman–Crippen LogP) is 3.79. The second-order valence-corrected chi connectivity index (χ2v) is 10.4. The molecule has 1 amide bonds. The largest absolute Gasteiger partial charge is 0.463 e. The van der Waals surface area contributed by atoms with E-state index in [1.54, 1.807) is 49.4 Å². The molecule has 1 aliphatic heterocycles. The van der Waals surface area contributed by atoms with E-state index in [0.717, 1.165) is 10.5 Å². The average molecular weight is 446 g/mol. The van der Waals surface area contributed by atoms with Gasteiger partial charge in [-0.1, -0.05) is 24.3 Å². The van der Waals surface area contributed by atoms with Crippen LogP contribution in [0.5, 0.6) is 0 Å². The number of nitrogens with one attached hydrogen (secondary N) is 1. The van der Waals surface area contributed by atoms with Crippen LogP contribution in [0.25, 0.3) is 6.08 Å². The molecule has 0 saturated carbocycles. The molecular weight excluding hydrogens is 422 g/mol. The van der Waals surface area contributed by atoms with Gasteiger partial charge in [0.1, 0.15) is 0 Å². The van der Waals surface area contributed by atoms with E-state index >= 15 is 0 Å². The maximum absolute atomic E-state index is 12.8. The fourth-order valence-corrected chi connectivity index (χ4v) is 6.65. The van der Waals surface area contributed by atoms with Gasteiger partial charge in [-0.05, 0) is 49.2 Å². The molecule has 2 aromatic rings. The summed E-state index contributed by atoms with van der Waals surface area (Å²) in [5.41, 5.74) is 1.94. The van der Waals surface area contributed by atoms with E-state index in [1.165, 1.54) is 17.8 Å². The highest BCUT2D eigenvalue weighted by Gasteiger charge is 2.29. The first-order valence-electron chi connectivity index (χ1n) is 9.58. The van der Waals surface area contributed by atoms with Crippen molar-refractivity contribution in [2.75, 3.05) is 23.4 Å². The van der Waals surface area contributed by atoms with Gasteiger partial charge in [0.25, 0.3) is 5.91 Å². The Hall–Kier alpha value is -2.58. The summed E-state index contributed by atoms with van der Waals surface area (Å²) in [6.07, 6.45) is 3.60. The van der Waals surface area contributed by atoms with Crippen LogP contribution in [0, 0.1) is 0 Å². The molecule has 1 heterocycles. The van der Waals surface area contributed by atoms with E-state index < -0.39 is 15.8 Å². The zero-order valence-corrected chi connectivity index (χ0v) is 18.2. The molecule has 1 unspecified atom stereocenters. The van der Waals surface area contributed by atoms with Gasteiger partial charge in [0.15, 0.2) is 9.84 Å². The molecule has 1 aliphatic rings. The number of anilines is 1. The van der Waals surface area contributed by atoms with Crippen molar-refractivity contribution in [2.45, 2.75) is 23.5 Å². The van der Waals surface area contributed by atoms with Crippen LogP contribution in [0.4, 0.5) is 5.69 Å². The molecule has 1 N–H and O–H groups in total. The van der Waals surface area contributed by atoms with Crippen LogP contribution >= 0.6 is 11.8 Å². The van der Waals surface area contributed by atoms with Gasteiger partial charge in [-0.25, -0.2) is 13.2 Å². The highest BCUT2D eigenvalue weighted by Crippen LogP contribution is 2.33. The third kappa shape index (κ3) is 6.21. The zero-order chi connectivity index (χ0) is 21.6. The Bertz CT molecular complexity index is 1050. The summed E-state index contributed by atoms with van der Waals surface area (Å²) >= 11 is 1.44. The Morgan fingerprint density at radius 2 is 1.90 bits per heavy atom. The van der Waals surface area contributed by atoms with E-state index in [1.807, 2.05) is 12.1 Å². The molecule has 1 fully saturated rings. The molecule has 0 radical (unpaired) electrons. The van der Waals surface area contributed by atoms with Gasteiger partial charge < -0.3 is 10.1 Å². The van der Waals surface area contributed by atoms with Gasteiger partial charge in [0, 0.05) is 21.9 Å². The molecule has 0 bridgehead atoms. The second-order valence-electron chi connectivity index (χ2n) is 6.80. The van der Waals surface area contributed by atoms with Crippen molar-refractivity contribution in [3.8, 4) is 0 Å². The second kappa shape index (κ2) is 9.95. The van der Waals surface area contributed by atoms with Gasteiger partial charge >= 0.3 is 5.97 Å². The van der Waals surface area contributed by atoms with Crippen molar-refractivity contribution in [3.05, 3.63) is 65.7 Å². The van der Waals surface area contributed by atoms with Gasteiger partial charge in [0.05, 0.1) is 23.7 Å². The zero-order valence-electron chi connectivity index (χ0n) is 16.5. The summed E-state index contributed by atoms with van der Waals surface area (Å²) in [7, 11) is -2.97. The molecular formula is C22H23NO5S2. The van der Waals surface area contributed by atoms with Crippen LogP contribution < -0.4 is 5.32 Å². The molecule has 0 aliphatic carbocycles. The molecule has 3 rings (SSSR count). The molecule has 8 heteroatoms. The lowest BCUT2D eigenvalue weighted by Crippen LogP contribution is -2.14. The van der Waals surface area contributed by atoms with E-state index in [-0.39, 0.29) is 22.7 Å². The molecule has 2 aromatic carbocycles. The first-order chi connectivity index (χ1) is 14.4. The number of sulfone groups is 1. The third-order valence-electron chi connectivity index (χ3n) is 4.48. The molecule has 0 spiro atoms. The highest BCUT2D eigenvalue weighted by atomic mass is 32.2. The van der Waals surface area contributed by atoms with E-state index in [4.69, 9.17) is 4.74 Å². The topological polar surface area (TPSA) is 89.5 Å². The number of carbonyl (C=O) groups excluding carboxylic acids is 2. The normalized spacial score (nSPS) is 17.7. The highest BCUT2D eigenvalue weighted by molar-refractivity contribution is 8.02. The van der Waals surface area contributed by atoms with E-state index in [9.17, 15) is 18.0 Å². The Morgan fingerprint density at radius 1 is 1.17 bits per heavy atom. The standard InChI is InChI=1S/C22H23NO5S2/c1-2-28-21(24)12-9-16-7-10-17(11-8-16)23-22(25)19-5-3-4-6-20(19)29-18-13-14-30(26,27)15-18/h3-12,18H,2,13-15H2,1H3,(H,23,25)/b12-9+. The molecule has 30 heavy (non-hydrogen) atoms. The van der Waals surface area contributed by atoms with Crippen LogP contribution in [0.1, 0.15) is 29.3 Å². The first-order valence-corrected chi connectivity index (χ1v) is 12.3. The Labute approximate surface area is 180 Å². The average Bonchev–Trinajstić information content (AvgIpc) is 3.06. The lowest BCUT2D eigenvalue weighted by atomic mass is 10.1. The number of ether oxygens (including phenoxy) is 1. The van der Waals surface area contributed by atoms with Crippen LogP contribution in [-0.2, 0) is 19.4 Å². The maximum Gasteiger partial charge on any atom is 0.330 e. The maximum atomic E-state index is 12.8. The fourth-order valence-electron chi connectivity index (χ4n) is 3.02. The molecule has 158 valence electrons.